The number of ether oxygens (including phenoxy) is 1. The van der Waals surface area contributed by atoms with Gasteiger partial charge < -0.3 is 4.74 Å². The van der Waals surface area contributed by atoms with Crippen LogP contribution in [-0.2, 0) is 10.3 Å². The fraction of sp³-hybridized carbons (Fsp3) is 0.462. The lowest BCUT2D eigenvalue weighted by atomic mass is 9.89. The first-order valence-electron chi connectivity index (χ1n) is 5.83. The predicted molar refractivity (Wildman–Crippen MR) is 66.1 cm³/mol. The Hall–Kier alpha value is -1.25. The molecule has 1 saturated carbocycles. The van der Waals surface area contributed by atoms with Gasteiger partial charge in [0, 0.05) is 0 Å². The zero-order chi connectivity index (χ0) is 11.7. The van der Waals surface area contributed by atoms with Crippen LogP contribution in [-0.4, -0.2) is 12.0 Å². The first kappa shape index (κ1) is 10.9. The lowest BCUT2D eigenvalue weighted by Gasteiger charge is -2.23. The average Bonchev–Trinajstić information content (AvgIpc) is 2.96. The molecule has 1 aromatic carbocycles. The SMILES string of the molecule is O=C=NC1(c2ccc3c(c2)SCO3)CCCC1. The van der Waals surface area contributed by atoms with Crippen LogP contribution < -0.4 is 4.74 Å². The van der Waals surface area contributed by atoms with Gasteiger partial charge in [-0.15, -0.1) is 0 Å². The van der Waals surface area contributed by atoms with Crippen molar-refractivity contribution < 1.29 is 9.53 Å². The van der Waals surface area contributed by atoms with Crippen LogP contribution in [0, 0.1) is 0 Å². The van der Waals surface area contributed by atoms with E-state index in [-0.39, 0.29) is 5.54 Å². The van der Waals surface area contributed by atoms with E-state index in [4.69, 9.17) is 4.74 Å². The molecule has 0 aromatic heterocycles. The van der Waals surface area contributed by atoms with Crippen molar-refractivity contribution in [1.82, 2.24) is 0 Å². The van der Waals surface area contributed by atoms with Crippen LogP contribution in [0.5, 0.6) is 5.75 Å². The van der Waals surface area contributed by atoms with Gasteiger partial charge in [-0.2, -0.15) is 4.99 Å². The van der Waals surface area contributed by atoms with Crippen molar-refractivity contribution in [3.8, 4) is 5.75 Å². The second kappa shape index (κ2) is 4.21. The summed E-state index contributed by atoms with van der Waals surface area (Å²) >= 11 is 1.70. The summed E-state index contributed by atoms with van der Waals surface area (Å²) in [6, 6.07) is 6.15. The summed E-state index contributed by atoms with van der Waals surface area (Å²) in [6.45, 7) is 0. The van der Waals surface area contributed by atoms with E-state index in [1.165, 1.54) is 0 Å². The maximum atomic E-state index is 10.7. The van der Waals surface area contributed by atoms with Crippen LogP contribution in [0.25, 0.3) is 0 Å². The number of fused-ring (bicyclic) bond motifs is 1. The number of aliphatic imine (C=N–C) groups is 1. The summed E-state index contributed by atoms with van der Waals surface area (Å²) in [4.78, 5) is 15.9. The molecular formula is C13H13NO2S. The summed E-state index contributed by atoms with van der Waals surface area (Å²) in [6.07, 6.45) is 5.92. The highest BCUT2D eigenvalue weighted by Gasteiger charge is 2.36. The first-order valence-corrected chi connectivity index (χ1v) is 6.82. The van der Waals surface area contributed by atoms with Crippen molar-refractivity contribution >= 4 is 17.8 Å². The van der Waals surface area contributed by atoms with Crippen LogP contribution in [0.2, 0.25) is 0 Å². The quantitative estimate of drug-likeness (QED) is 0.595. The smallest absolute Gasteiger partial charge is 0.235 e. The summed E-state index contributed by atoms with van der Waals surface area (Å²) in [7, 11) is 0. The minimum absolute atomic E-state index is 0.320. The van der Waals surface area contributed by atoms with E-state index in [1.807, 2.05) is 12.1 Å². The van der Waals surface area contributed by atoms with E-state index in [0.29, 0.717) is 5.94 Å². The van der Waals surface area contributed by atoms with Crippen molar-refractivity contribution in [2.24, 2.45) is 4.99 Å². The molecule has 4 heteroatoms. The van der Waals surface area contributed by atoms with Gasteiger partial charge in [-0.05, 0) is 30.5 Å². The molecular weight excluding hydrogens is 234 g/mol. The number of isocyanates is 1. The molecule has 0 spiro atoms. The van der Waals surface area contributed by atoms with E-state index < -0.39 is 0 Å². The highest BCUT2D eigenvalue weighted by atomic mass is 32.2. The number of carbonyl (C=O) groups excluding carboxylic acids is 1. The van der Waals surface area contributed by atoms with Crippen molar-refractivity contribution in [3.63, 3.8) is 0 Å². The minimum Gasteiger partial charge on any atom is -0.481 e. The molecule has 1 heterocycles. The second-order valence-corrected chi connectivity index (χ2v) is 5.47. The molecule has 3 nitrogen and oxygen atoms in total. The Kier molecular flexibility index (Phi) is 2.69. The van der Waals surface area contributed by atoms with Crippen LogP contribution in [0.3, 0.4) is 0 Å². The van der Waals surface area contributed by atoms with E-state index in [0.717, 1.165) is 41.9 Å². The Labute approximate surface area is 104 Å². The molecule has 0 atom stereocenters. The van der Waals surface area contributed by atoms with Gasteiger partial charge in [-0.1, -0.05) is 30.7 Å². The molecule has 88 valence electrons. The molecule has 0 saturated heterocycles. The molecule has 1 aliphatic heterocycles. The highest BCUT2D eigenvalue weighted by Crippen LogP contribution is 2.45. The van der Waals surface area contributed by atoms with Crippen molar-refractivity contribution in [2.75, 3.05) is 5.94 Å². The fourth-order valence-electron chi connectivity index (χ4n) is 2.70. The molecule has 0 bridgehead atoms. The maximum Gasteiger partial charge on any atom is 0.235 e. The molecule has 1 fully saturated rings. The topological polar surface area (TPSA) is 38.7 Å². The van der Waals surface area contributed by atoms with Crippen LogP contribution in [0.4, 0.5) is 0 Å². The van der Waals surface area contributed by atoms with Gasteiger partial charge in [0.1, 0.15) is 11.7 Å². The van der Waals surface area contributed by atoms with Crippen LogP contribution in [0.15, 0.2) is 28.1 Å². The lowest BCUT2D eigenvalue weighted by molar-refractivity contribution is 0.396. The second-order valence-electron chi connectivity index (χ2n) is 4.51. The molecule has 17 heavy (non-hydrogen) atoms. The summed E-state index contributed by atoms with van der Waals surface area (Å²) in [5, 5.41) is 0. The van der Waals surface area contributed by atoms with Crippen molar-refractivity contribution in [2.45, 2.75) is 36.1 Å². The summed E-state index contributed by atoms with van der Waals surface area (Å²) in [5.74, 6) is 1.63. The number of benzene rings is 1. The van der Waals surface area contributed by atoms with Gasteiger partial charge in [0.2, 0.25) is 6.08 Å². The van der Waals surface area contributed by atoms with Crippen LogP contribution >= 0.6 is 11.8 Å². The van der Waals surface area contributed by atoms with E-state index in [9.17, 15) is 4.79 Å². The fourth-order valence-corrected chi connectivity index (χ4v) is 3.49. The van der Waals surface area contributed by atoms with E-state index in [2.05, 4.69) is 11.1 Å². The minimum atomic E-state index is -0.320. The number of nitrogens with zero attached hydrogens (tertiary/aromatic N) is 1. The van der Waals surface area contributed by atoms with Gasteiger partial charge in [0.15, 0.2) is 0 Å². The van der Waals surface area contributed by atoms with Crippen LogP contribution in [0.1, 0.15) is 31.2 Å². The zero-order valence-corrected chi connectivity index (χ0v) is 10.3. The Bertz CT molecular complexity index is 488. The number of thioether (sulfide) groups is 1. The molecule has 1 aliphatic carbocycles. The number of hydrogen-bond acceptors (Lipinski definition) is 4. The average molecular weight is 247 g/mol. The number of rotatable bonds is 2. The third kappa shape index (κ3) is 1.78. The molecule has 0 unspecified atom stereocenters. The molecule has 3 rings (SSSR count). The third-order valence-electron chi connectivity index (χ3n) is 3.60. The molecule has 0 radical (unpaired) electrons. The third-order valence-corrected chi connectivity index (χ3v) is 4.47. The Morgan fingerprint density at radius 2 is 2.18 bits per heavy atom. The first-order chi connectivity index (χ1) is 8.34. The number of hydrogen-bond donors (Lipinski definition) is 0. The van der Waals surface area contributed by atoms with Gasteiger partial charge in [-0.3, -0.25) is 0 Å². The Balaban J connectivity index is 2.04. The van der Waals surface area contributed by atoms with Crippen molar-refractivity contribution in [3.05, 3.63) is 23.8 Å². The monoisotopic (exact) mass is 247 g/mol. The summed E-state index contributed by atoms with van der Waals surface area (Å²) < 4.78 is 5.46. The van der Waals surface area contributed by atoms with E-state index >= 15 is 0 Å². The predicted octanol–water partition coefficient (Wildman–Crippen LogP) is 3.23. The standard InChI is InChI=1S/C13H13NO2S/c15-8-14-13(5-1-2-6-13)10-3-4-11-12(7-10)17-9-16-11/h3-4,7H,1-2,5-6,9H2. The zero-order valence-electron chi connectivity index (χ0n) is 9.44. The molecule has 0 N–H and O–H groups in total. The normalized spacial score (nSPS) is 20.5. The lowest BCUT2D eigenvalue weighted by Crippen LogP contribution is -2.18. The molecule has 0 amide bonds. The van der Waals surface area contributed by atoms with Gasteiger partial charge in [-0.25, -0.2) is 4.79 Å². The maximum absolute atomic E-state index is 10.7. The van der Waals surface area contributed by atoms with E-state index in [1.54, 1.807) is 17.8 Å². The van der Waals surface area contributed by atoms with Gasteiger partial charge >= 0.3 is 0 Å². The molecule has 2 aliphatic rings. The van der Waals surface area contributed by atoms with Crippen molar-refractivity contribution in [1.29, 1.82) is 0 Å². The Morgan fingerprint density at radius 1 is 1.35 bits per heavy atom. The Morgan fingerprint density at radius 3 is 2.94 bits per heavy atom. The van der Waals surface area contributed by atoms with Gasteiger partial charge in [0.25, 0.3) is 0 Å². The van der Waals surface area contributed by atoms with Gasteiger partial charge in [0.05, 0.1) is 10.4 Å². The highest BCUT2D eigenvalue weighted by molar-refractivity contribution is 7.99. The summed E-state index contributed by atoms with van der Waals surface area (Å²) in [5.41, 5.74) is 0.815. The largest absolute Gasteiger partial charge is 0.481 e. The molecule has 1 aromatic rings.